The second-order valence-electron chi connectivity index (χ2n) is 4.95. The molecule has 18 heavy (non-hydrogen) atoms. The molecule has 1 atom stereocenters. The van der Waals surface area contributed by atoms with Crippen LogP contribution in [0.1, 0.15) is 25.0 Å². The molecule has 0 unspecified atom stereocenters. The molecule has 4 heteroatoms. The third kappa shape index (κ3) is 2.23. The van der Waals surface area contributed by atoms with Crippen LogP contribution < -0.4 is 0 Å². The van der Waals surface area contributed by atoms with Gasteiger partial charge in [0.1, 0.15) is 6.04 Å². The van der Waals surface area contributed by atoms with Crippen molar-refractivity contribution >= 4 is 11.9 Å². The largest absolute Gasteiger partial charge is 0.480 e. The summed E-state index contributed by atoms with van der Waals surface area (Å²) < 4.78 is 0. The van der Waals surface area contributed by atoms with Gasteiger partial charge in [0.25, 0.3) is 0 Å². The summed E-state index contributed by atoms with van der Waals surface area (Å²) in [6.45, 7) is 3.98. The third-order valence-electron chi connectivity index (χ3n) is 3.31. The number of nitrogens with zero attached hydrogens (tertiary/aromatic N) is 1. The van der Waals surface area contributed by atoms with Crippen molar-refractivity contribution in [1.29, 1.82) is 0 Å². The number of carbonyl (C=O) groups is 2. The molecule has 1 aromatic rings. The molecule has 1 heterocycles. The minimum atomic E-state index is -0.932. The van der Waals surface area contributed by atoms with Gasteiger partial charge in [-0.25, -0.2) is 4.79 Å². The molecule has 0 fully saturated rings. The van der Waals surface area contributed by atoms with Crippen molar-refractivity contribution in [2.24, 2.45) is 5.92 Å². The van der Waals surface area contributed by atoms with E-state index >= 15 is 0 Å². The Morgan fingerprint density at radius 1 is 1.28 bits per heavy atom. The van der Waals surface area contributed by atoms with Gasteiger partial charge in [-0.1, -0.05) is 38.1 Å². The van der Waals surface area contributed by atoms with Gasteiger partial charge in [-0.05, 0) is 11.1 Å². The van der Waals surface area contributed by atoms with Crippen molar-refractivity contribution < 1.29 is 14.7 Å². The Hall–Kier alpha value is -1.84. The summed E-state index contributed by atoms with van der Waals surface area (Å²) >= 11 is 0. The van der Waals surface area contributed by atoms with E-state index in [1.54, 1.807) is 13.8 Å². The summed E-state index contributed by atoms with van der Waals surface area (Å²) in [5, 5.41) is 9.27. The highest BCUT2D eigenvalue weighted by Gasteiger charge is 2.35. The third-order valence-corrected chi connectivity index (χ3v) is 3.31. The first-order chi connectivity index (χ1) is 8.50. The van der Waals surface area contributed by atoms with Crippen LogP contribution in [0.25, 0.3) is 0 Å². The summed E-state index contributed by atoms with van der Waals surface area (Å²) in [6, 6.07) is 6.96. The fourth-order valence-electron chi connectivity index (χ4n) is 2.31. The lowest BCUT2D eigenvalue weighted by atomic mass is 9.93. The molecule has 0 bridgehead atoms. The molecule has 0 aliphatic carbocycles. The smallest absolute Gasteiger partial charge is 0.326 e. The van der Waals surface area contributed by atoms with Crippen LogP contribution in [0, 0.1) is 5.92 Å². The van der Waals surface area contributed by atoms with Crippen molar-refractivity contribution in [3.05, 3.63) is 35.4 Å². The highest BCUT2D eigenvalue weighted by molar-refractivity contribution is 5.85. The number of fused-ring (bicyclic) bond motifs is 1. The van der Waals surface area contributed by atoms with Gasteiger partial charge in [0.05, 0.1) is 0 Å². The van der Waals surface area contributed by atoms with Gasteiger partial charge in [-0.3, -0.25) is 4.79 Å². The van der Waals surface area contributed by atoms with Gasteiger partial charge in [0, 0.05) is 18.9 Å². The SMILES string of the molecule is CC(C)C(=O)N1Cc2ccccc2C[C@H]1C(=O)O. The summed E-state index contributed by atoms with van der Waals surface area (Å²) in [5.74, 6) is -1.22. The van der Waals surface area contributed by atoms with Crippen LogP contribution in [-0.4, -0.2) is 27.9 Å². The molecule has 1 amide bonds. The molecule has 0 saturated heterocycles. The van der Waals surface area contributed by atoms with Crippen LogP contribution in [-0.2, 0) is 22.6 Å². The minimum Gasteiger partial charge on any atom is -0.480 e. The molecule has 1 aliphatic heterocycles. The van der Waals surface area contributed by atoms with Crippen LogP contribution in [0.4, 0.5) is 0 Å². The number of carboxylic acid groups (broad SMARTS) is 1. The fourth-order valence-corrected chi connectivity index (χ4v) is 2.31. The molecular formula is C14H17NO3. The van der Waals surface area contributed by atoms with Gasteiger partial charge in [-0.2, -0.15) is 0 Å². The first-order valence-electron chi connectivity index (χ1n) is 6.10. The number of hydrogen-bond donors (Lipinski definition) is 1. The Morgan fingerprint density at radius 3 is 2.44 bits per heavy atom. The van der Waals surface area contributed by atoms with Gasteiger partial charge in [-0.15, -0.1) is 0 Å². The Morgan fingerprint density at radius 2 is 1.89 bits per heavy atom. The highest BCUT2D eigenvalue weighted by atomic mass is 16.4. The van der Waals surface area contributed by atoms with Crippen LogP contribution in [0.3, 0.4) is 0 Å². The molecule has 96 valence electrons. The van der Waals surface area contributed by atoms with E-state index in [1.165, 1.54) is 4.90 Å². The molecule has 0 aromatic heterocycles. The number of benzene rings is 1. The predicted molar refractivity (Wildman–Crippen MR) is 67.0 cm³/mol. The van der Waals surface area contributed by atoms with Gasteiger partial charge in [0.15, 0.2) is 0 Å². The van der Waals surface area contributed by atoms with E-state index < -0.39 is 12.0 Å². The van der Waals surface area contributed by atoms with Crippen LogP contribution in [0.2, 0.25) is 0 Å². The topological polar surface area (TPSA) is 57.6 Å². The number of rotatable bonds is 2. The molecule has 0 radical (unpaired) electrons. The Balaban J connectivity index is 2.34. The maximum absolute atomic E-state index is 12.1. The summed E-state index contributed by atoms with van der Waals surface area (Å²) in [7, 11) is 0. The van der Waals surface area contributed by atoms with E-state index in [0.29, 0.717) is 13.0 Å². The van der Waals surface area contributed by atoms with Crippen molar-refractivity contribution in [2.75, 3.05) is 0 Å². The second kappa shape index (κ2) is 4.80. The Kier molecular flexibility index (Phi) is 3.36. The lowest BCUT2D eigenvalue weighted by Gasteiger charge is -2.35. The van der Waals surface area contributed by atoms with E-state index in [-0.39, 0.29) is 11.8 Å². The van der Waals surface area contributed by atoms with Crippen LogP contribution >= 0.6 is 0 Å². The maximum Gasteiger partial charge on any atom is 0.326 e. The van der Waals surface area contributed by atoms with Crippen molar-refractivity contribution in [1.82, 2.24) is 4.90 Å². The number of aliphatic carboxylic acids is 1. The van der Waals surface area contributed by atoms with Crippen molar-refractivity contribution in [3.63, 3.8) is 0 Å². The number of amides is 1. The van der Waals surface area contributed by atoms with Crippen LogP contribution in [0.15, 0.2) is 24.3 Å². The first-order valence-corrected chi connectivity index (χ1v) is 6.10. The van der Waals surface area contributed by atoms with E-state index in [9.17, 15) is 14.7 Å². The number of hydrogen-bond acceptors (Lipinski definition) is 2. The van der Waals surface area contributed by atoms with Crippen LogP contribution in [0.5, 0.6) is 0 Å². The molecule has 1 N–H and O–H groups in total. The van der Waals surface area contributed by atoms with Gasteiger partial charge in [0.2, 0.25) is 5.91 Å². The molecule has 4 nitrogen and oxygen atoms in total. The zero-order valence-electron chi connectivity index (χ0n) is 10.6. The average molecular weight is 247 g/mol. The molecule has 0 saturated carbocycles. The van der Waals surface area contributed by atoms with E-state index in [4.69, 9.17) is 0 Å². The minimum absolute atomic E-state index is 0.100. The molecule has 1 aromatic carbocycles. The zero-order valence-corrected chi connectivity index (χ0v) is 10.6. The number of carboxylic acids is 1. The molecule has 0 spiro atoms. The van der Waals surface area contributed by atoms with E-state index in [0.717, 1.165) is 11.1 Å². The average Bonchev–Trinajstić information content (AvgIpc) is 2.36. The maximum atomic E-state index is 12.1. The summed E-state index contributed by atoms with van der Waals surface area (Å²) in [6.07, 6.45) is 0.393. The molecule has 1 aliphatic rings. The first kappa shape index (κ1) is 12.6. The normalized spacial score (nSPS) is 18.6. The lowest BCUT2D eigenvalue weighted by Crippen LogP contribution is -2.49. The Bertz CT molecular complexity index is 482. The summed E-state index contributed by atoms with van der Waals surface area (Å²) in [5.41, 5.74) is 2.07. The Labute approximate surface area is 106 Å². The standard InChI is InChI=1S/C14H17NO3/c1-9(2)13(16)15-8-11-6-4-3-5-10(11)7-12(15)14(17)18/h3-6,9,12H,7-8H2,1-2H3,(H,17,18)/t12-/m0/s1. The second-order valence-corrected chi connectivity index (χ2v) is 4.95. The lowest BCUT2D eigenvalue weighted by molar-refractivity contribution is -0.152. The predicted octanol–water partition coefficient (Wildman–Crippen LogP) is 1.68. The molecule has 2 rings (SSSR count). The highest BCUT2D eigenvalue weighted by Crippen LogP contribution is 2.24. The van der Waals surface area contributed by atoms with E-state index in [1.807, 2.05) is 24.3 Å². The fraction of sp³-hybridized carbons (Fsp3) is 0.429. The monoisotopic (exact) mass is 247 g/mol. The van der Waals surface area contributed by atoms with Gasteiger partial charge >= 0.3 is 5.97 Å². The number of carbonyl (C=O) groups excluding carboxylic acids is 1. The quantitative estimate of drug-likeness (QED) is 0.865. The van der Waals surface area contributed by atoms with Crippen molar-refractivity contribution in [3.8, 4) is 0 Å². The zero-order chi connectivity index (χ0) is 13.3. The summed E-state index contributed by atoms with van der Waals surface area (Å²) in [4.78, 5) is 24.9. The molecular weight excluding hydrogens is 230 g/mol. The van der Waals surface area contributed by atoms with Gasteiger partial charge < -0.3 is 10.0 Å². The van der Waals surface area contributed by atoms with E-state index in [2.05, 4.69) is 0 Å². The van der Waals surface area contributed by atoms with Crippen molar-refractivity contribution in [2.45, 2.75) is 32.9 Å².